The van der Waals surface area contributed by atoms with Gasteiger partial charge >= 0.3 is 0 Å². The highest BCUT2D eigenvalue weighted by Crippen LogP contribution is 2.09. The van der Waals surface area contributed by atoms with Gasteiger partial charge in [-0.3, -0.25) is 9.59 Å². The third-order valence-corrected chi connectivity index (χ3v) is 2.77. The maximum absolute atomic E-state index is 11.6. The Morgan fingerprint density at radius 1 is 1.33 bits per heavy atom. The van der Waals surface area contributed by atoms with Crippen molar-refractivity contribution < 1.29 is 9.59 Å². The maximum atomic E-state index is 11.6. The van der Waals surface area contributed by atoms with Crippen LogP contribution in [0.25, 0.3) is 0 Å². The third-order valence-electron chi connectivity index (χ3n) is 2.58. The molecule has 1 rings (SSSR count). The van der Waals surface area contributed by atoms with Gasteiger partial charge < -0.3 is 10.2 Å². The molecule has 0 aromatic heterocycles. The first-order chi connectivity index (χ1) is 8.45. The van der Waals surface area contributed by atoms with Crippen molar-refractivity contribution in [3.63, 3.8) is 0 Å². The minimum Gasteiger partial charge on any atom is -0.355 e. The normalized spacial score (nSPS) is 11.8. The van der Waals surface area contributed by atoms with E-state index in [4.69, 9.17) is 11.6 Å². The summed E-state index contributed by atoms with van der Waals surface area (Å²) in [4.78, 5) is 24.5. The van der Waals surface area contributed by atoms with Gasteiger partial charge in [-0.1, -0.05) is 12.1 Å². The lowest BCUT2D eigenvalue weighted by molar-refractivity contribution is -0.129. The summed E-state index contributed by atoms with van der Waals surface area (Å²) >= 11 is 5.73. The third kappa shape index (κ3) is 3.74. The number of halogens is 1. The molecule has 18 heavy (non-hydrogen) atoms. The number of amides is 2. The molecule has 1 aromatic carbocycles. The van der Waals surface area contributed by atoms with Crippen LogP contribution in [0.3, 0.4) is 0 Å². The van der Waals surface area contributed by atoms with E-state index < -0.39 is 5.38 Å². The van der Waals surface area contributed by atoms with Gasteiger partial charge in [0.1, 0.15) is 5.38 Å². The van der Waals surface area contributed by atoms with Crippen LogP contribution in [0.2, 0.25) is 0 Å². The summed E-state index contributed by atoms with van der Waals surface area (Å²) in [6.45, 7) is 2.12. The van der Waals surface area contributed by atoms with E-state index in [0.717, 1.165) is 5.56 Å². The smallest absolute Gasteiger partial charge is 0.251 e. The first-order valence-corrected chi connectivity index (χ1v) is 6.09. The van der Waals surface area contributed by atoms with E-state index in [9.17, 15) is 9.59 Å². The summed E-state index contributed by atoms with van der Waals surface area (Å²) < 4.78 is 0. The molecular formula is C13H17ClN2O2. The van der Waals surface area contributed by atoms with Crippen LogP contribution in [0.15, 0.2) is 24.3 Å². The lowest BCUT2D eigenvalue weighted by Crippen LogP contribution is -2.31. The Morgan fingerprint density at radius 2 is 1.89 bits per heavy atom. The number of hydrogen-bond donors (Lipinski definition) is 1. The lowest BCUT2D eigenvalue weighted by Gasteiger charge is -2.18. The molecule has 0 heterocycles. The number of carbonyl (C=O) groups excluding carboxylic acids is 2. The van der Waals surface area contributed by atoms with Crippen LogP contribution in [0, 0.1) is 0 Å². The summed E-state index contributed by atoms with van der Waals surface area (Å²) in [6, 6.07) is 7.12. The SMILES string of the molecule is CNC(=O)c1ccc(CN(C)C(=O)C(C)Cl)cc1. The maximum Gasteiger partial charge on any atom is 0.251 e. The molecular weight excluding hydrogens is 252 g/mol. The van der Waals surface area contributed by atoms with Crippen molar-refractivity contribution in [2.45, 2.75) is 18.8 Å². The summed E-state index contributed by atoms with van der Waals surface area (Å²) in [5.74, 6) is -0.243. The summed E-state index contributed by atoms with van der Waals surface area (Å²) in [5, 5.41) is 2.03. The summed E-state index contributed by atoms with van der Waals surface area (Å²) in [7, 11) is 3.29. The van der Waals surface area contributed by atoms with Gasteiger partial charge in [-0.25, -0.2) is 0 Å². The van der Waals surface area contributed by atoms with Crippen LogP contribution in [0.4, 0.5) is 0 Å². The molecule has 0 aliphatic carbocycles. The van der Waals surface area contributed by atoms with Crippen LogP contribution < -0.4 is 5.32 Å². The van der Waals surface area contributed by atoms with Crippen molar-refractivity contribution in [1.82, 2.24) is 10.2 Å². The number of nitrogens with zero attached hydrogens (tertiary/aromatic N) is 1. The first kappa shape index (κ1) is 14.5. The van der Waals surface area contributed by atoms with Gasteiger partial charge in [0.15, 0.2) is 0 Å². The molecule has 0 radical (unpaired) electrons. The van der Waals surface area contributed by atoms with Gasteiger partial charge in [-0.2, -0.15) is 0 Å². The molecule has 98 valence electrons. The minimum absolute atomic E-state index is 0.118. The lowest BCUT2D eigenvalue weighted by atomic mass is 10.1. The second kappa shape index (κ2) is 6.40. The van der Waals surface area contributed by atoms with Gasteiger partial charge in [0, 0.05) is 26.2 Å². The topological polar surface area (TPSA) is 49.4 Å². The van der Waals surface area contributed by atoms with Gasteiger partial charge in [0.05, 0.1) is 0 Å². The fourth-order valence-electron chi connectivity index (χ4n) is 1.56. The van der Waals surface area contributed by atoms with E-state index in [-0.39, 0.29) is 11.8 Å². The molecule has 0 aliphatic heterocycles. The zero-order valence-electron chi connectivity index (χ0n) is 10.7. The first-order valence-electron chi connectivity index (χ1n) is 5.65. The summed E-state index contributed by atoms with van der Waals surface area (Å²) in [5.41, 5.74) is 1.55. The molecule has 0 saturated heterocycles. The Morgan fingerprint density at radius 3 is 2.33 bits per heavy atom. The quantitative estimate of drug-likeness (QED) is 0.844. The van der Waals surface area contributed by atoms with E-state index in [1.165, 1.54) is 0 Å². The van der Waals surface area contributed by atoms with Crippen molar-refractivity contribution in [3.8, 4) is 0 Å². The molecule has 0 saturated carbocycles. The van der Waals surface area contributed by atoms with Crippen molar-refractivity contribution in [3.05, 3.63) is 35.4 Å². The van der Waals surface area contributed by atoms with Gasteiger partial charge in [0.2, 0.25) is 5.91 Å². The predicted molar refractivity (Wildman–Crippen MR) is 71.6 cm³/mol. The average molecular weight is 269 g/mol. The highest BCUT2D eigenvalue weighted by atomic mass is 35.5. The number of nitrogens with one attached hydrogen (secondary N) is 1. The second-order valence-electron chi connectivity index (χ2n) is 4.09. The zero-order chi connectivity index (χ0) is 13.7. The van der Waals surface area contributed by atoms with Crippen LogP contribution in [0.1, 0.15) is 22.8 Å². The Kier molecular flexibility index (Phi) is 5.16. The molecule has 1 atom stereocenters. The Hall–Kier alpha value is -1.55. The van der Waals surface area contributed by atoms with E-state index in [1.54, 1.807) is 38.1 Å². The molecule has 2 amide bonds. The number of benzene rings is 1. The number of carbonyl (C=O) groups is 2. The molecule has 5 heteroatoms. The van der Waals surface area contributed by atoms with Crippen molar-refractivity contribution in [2.75, 3.05) is 14.1 Å². The van der Waals surface area contributed by atoms with E-state index in [0.29, 0.717) is 12.1 Å². The van der Waals surface area contributed by atoms with Crippen molar-refractivity contribution in [2.24, 2.45) is 0 Å². The number of hydrogen-bond acceptors (Lipinski definition) is 2. The van der Waals surface area contributed by atoms with Crippen LogP contribution in [-0.4, -0.2) is 36.2 Å². The second-order valence-corrected chi connectivity index (χ2v) is 4.74. The highest BCUT2D eigenvalue weighted by molar-refractivity contribution is 6.30. The number of alkyl halides is 1. The zero-order valence-corrected chi connectivity index (χ0v) is 11.5. The Balaban J connectivity index is 2.69. The van der Waals surface area contributed by atoms with Crippen LogP contribution in [-0.2, 0) is 11.3 Å². The monoisotopic (exact) mass is 268 g/mol. The fourth-order valence-corrected chi connectivity index (χ4v) is 1.73. The molecule has 0 aliphatic rings. The van der Waals surface area contributed by atoms with E-state index >= 15 is 0 Å². The molecule has 0 spiro atoms. The standard InChI is InChI=1S/C13H17ClN2O2/c1-9(14)13(18)16(3)8-10-4-6-11(7-5-10)12(17)15-2/h4-7,9H,8H2,1-3H3,(H,15,17). The largest absolute Gasteiger partial charge is 0.355 e. The number of rotatable bonds is 4. The molecule has 1 aromatic rings. The molecule has 0 fully saturated rings. The van der Waals surface area contributed by atoms with Crippen LogP contribution >= 0.6 is 11.6 Å². The van der Waals surface area contributed by atoms with Gasteiger partial charge in [-0.05, 0) is 24.6 Å². The molecule has 4 nitrogen and oxygen atoms in total. The molecule has 1 N–H and O–H groups in total. The van der Waals surface area contributed by atoms with E-state index in [2.05, 4.69) is 5.32 Å². The molecule has 1 unspecified atom stereocenters. The van der Waals surface area contributed by atoms with Crippen molar-refractivity contribution in [1.29, 1.82) is 0 Å². The predicted octanol–water partition coefficient (Wildman–Crippen LogP) is 1.63. The highest BCUT2D eigenvalue weighted by Gasteiger charge is 2.14. The van der Waals surface area contributed by atoms with Crippen molar-refractivity contribution >= 4 is 23.4 Å². The average Bonchev–Trinajstić information content (AvgIpc) is 2.37. The Bertz CT molecular complexity index is 429. The fraction of sp³-hybridized carbons (Fsp3) is 0.385. The minimum atomic E-state index is -0.528. The molecule has 0 bridgehead atoms. The van der Waals surface area contributed by atoms with Gasteiger partial charge in [-0.15, -0.1) is 11.6 Å². The van der Waals surface area contributed by atoms with E-state index in [1.807, 2.05) is 12.1 Å². The summed E-state index contributed by atoms with van der Waals surface area (Å²) in [6.07, 6.45) is 0. The van der Waals surface area contributed by atoms with Crippen LogP contribution in [0.5, 0.6) is 0 Å². The Labute approximate surface area is 112 Å². The van der Waals surface area contributed by atoms with Gasteiger partial charge in [0.25, 0.3) is 5.91 Å².